The van der Waals surface area contributed by atoms with Crippen molar-refractivity contribution in [1.29, 1.82) is 0 Å². The zero-order valence-corrected chi connectivity index (χ0v) is 16.4. The summed E-state index contributed by atoms with van der Waals surface area (Å²) >= 11 is 12.7. The standard InChI is InChI=1S/C16H14Cl2S4/c17-11-15(13-7-3-1-4-8-13)19-21-16(12-18,22-20-15)14-9-5-2-6-10-14/h1-10H,11-12H2. The summed E-state index contributed by atoms with van der Waals surface area (Å²) in [4.78, 5) is 0. The smallest absolute Gasteiger partial charge is 0.120 e. The van der Waals surface area contributed by atoms with Crippen molar-refractivity contribution in [3.63, 3.8) is 0 Å². The Morgan fingerprint density at radius 3 is 1.18 bits per heavy atom. The molecule has 0 bridgehead atoms. The van der Waals surface area contributed by atoms with Crippen molar-refractivity contribution >= 4 is 66.4 Å². The molecule has 0 atom stereocenters. The Bertz CT molecular complexity index is 543. The average Bonchev–Trinajstić information content (AvgIpc) is 2.63. The molecule has 3 rings (SSSR count). The van der Waals surface area contributed by atoms with Crippen molar-refractivity contribution in [2.24, 2.45) is 0 Å². The van der Waals surface area contributed by atoms with E-state index in [-0.39, 0.29) is 8.16 Å². The molecule has 0 aliphatic carbocycles. The summed E-state index contributed by atoms with van der Waals surface area (Å²) in [6, 6.07) is 21.0. The van der Waals surface area contributed by atoms with Crippen LogP contribution in [0.3, 0.4) is 0 Å². The average molecular weight is 405 g/mol. The fourth-order valence-electron chi connectivity index (χ4n) is 2.12. The van der Waals surface area contributed by atoms with Gasteiger partial charge < -0.3 is 0 Å². The summed E-state index contributed by atoms with van der Waals surface area (Å²) in [5.74, 6) is 1.14. The van der Waals surface area contributed by atoms with Crippen molar-refractivity contribution < 1.29 is 0 Å². The molecule has 0 spiro atoms. The van der Waals surface area contributed by atoms with E-state index in [1.54, 1.807) is 0 Å². The Hall–Kier alpha value is 0.420. The molecule has 0 amide bonds. The number of hydrogen-bond acceptors (Lipinski definition) is 4. The maximum Gasteiger partial charge on any atom is 0.120 e. The van der Waals surface area contributed by atoms with Crippen LogP contribution >= 0.6 is 66.4 Å². The highest BCUT2D eigenvalue weighted by Gasteiger charge is 2.47. The third-order valence-electron chi connectivity index (χ3n) is 3.40. The van der Waals surface area contributed by atoms with E-state index < -0.39 is 0 Å². The van der Waals surface area contributed by atoms with Crippen LogP contribution in [0.1, 0.15) is 11.1 Å². The van der Waals surface area contributed by atoms with Crippen LogP contribution in [-0.4, -0.2) is 11.8 Å². The van der Waals surface area contributed by atoms with Crippen molar-refractivity contribution in [3.8, 4) is 0 Å². The topological polar surface area (TPSA) is 0 Å². The molecule has 1 fully saturated rings. The molecule has 0 saturated carbocycles. The second-order valence-corrected chi connectivity index (χ2v) is 11.3. The minimum absolute atomic E-state index is 0.136. The van der Waals surface area contributed by atoms with Gasteiger partial charge in [-0.05, 0) is 11.1 Å². The number of rotatable bonds is 4. The molecule has 1 aliphatic rings. The van der Waals surface area contributed by atoms with Crippen molar-refractivity contribution in [2.45, 2.75) is 8.16 Å². The van der Waals surface area contributed by atoms with Crippen LogP contribution in [0.2, 0.25) is 0 Å². The van der Waals surface area contributed by atoms with Crippen LogP contribution in [0, 0.1) is 0 Å². The fraction of sp³-hybridized carbons (Fsp3) is 0.250. The maximum absolute atomic E-state index is 6.35. The van der Waals surface area contributed by atoms with E-state index in [1.165, 1.54) is 11.1 Å². The highest BCUT2D eigenvalue weighted by atomic mass is 35.5. The lowest BCUT2D eigenvalue weighted by atomic mass is 10.1. The summed E-state index contributed by atoms with van der Waals surface area (Å²) < 4.78 is -0.273. The molecule has 0 nitrogen and oxygen atoms in total. The highest BCUT2D eigenvalue weighted by molar-refractivity contribution is 8.93. The molecule has 22 heavy (non-hydrogen) atoms. The molecule has 0 radical (unpaired) electrons. The van der Waals surface area contributed by atoms with Gasteiger partial charge in [0.15, 0.2) is 0 Å². The quantitative estimate of drug-likeness (QED) is 0.399. The van der Waals surface area contributed by atoms with Crippen LogP contribution in [-0.2, 0) is 8.16 Å². The van der Waals surface area contributed by atoms with E-state index >= 15 is 0 Å². The van der Waals surface area contributed by atoms with Gasteiger partial charge in [-0.2, -0.15) is 0 Å². The zero-order chi connectivity index (χ0) is 15.5. The van der Waals surface area contributed by atoms with Gasteiger partial charge in [-0.3, -0.25) is 0 Å². The van der Waals surface area contributed by atoms with Crippen LogP contribution in [0.4, 0.5) is 0 Å². The Morgan fingerprint density at radius 1 is 0.591 bits per heavy atom. The molecule has 0 unspecified atom stereocenters. The Balaban J connectivity index is 1.87. The Kier molecular flexibility index (Phi) is 5.91. The molecule has 0 aromatic heterocycles. The first-order chi connectivity index (χ1) is 10.7. The summed E-state index contributed by atoms with van der Waals surface area (Å²) in [6.07, 6.45) is 0. The Labute approximate surface area is 157 Å². The molecule has 6 heteroatoms. The SMILES string of the molecule is ClCC1(c2ccccc2)SSC(CCl)(c2ccccc2)SS1. The predicted molar refractivity (Wildman–Crippen MR) is 108 cm³/mol. The monoisotopic (exact) mass is 404 g/mol. The molecular formula is C16H14Cl2S4. The molecule has 1 heterocycles. The summed E-state index contributed by atoms with van der Waals surface area (Å²) in [5, 5.41) is 0. The van der Waals surface area contributed by atoms with Gasteiger partial charge in [0.1, 0.15) is 8.16 Å². The van der Waals surface area contributed by atoms with Crippen LogP contribution in [0.5, 0.6) is 0 Å². The normalized spacial score (nSPS) is 28.5. The first-order valence-electron chi connectivity index (χ1n) is 6.71. The van der Waals surface area contributed by atoms with Crippen molar-refractivity contribution in [1.82, 2.24) is 0 Å². The summed E-state index contributed by atoms with van der Waals surface area (Å²) in [5.41, 5.74) is 2.52. The molecule has 2 aromatic rings. The van der Waals surface area contributed by atoms with Gasteiger partial charge in [-0.15, -0.1) is 23.2 Å². The van der Waals surface area contributed by atoms with Crippen LogP contribution < -0.4 is 0 Å². The lowest BCUT2D eigenvalue weighted by Gasteiger charge is -2.42. The van der Waals surface area contributed by atoms with Crippen molar-refractivity contribution in [2.75, 3.05) is 11.8 Å². The van der Waals surface area contributed by atoms with E-state index in [1.807, 2.05) is 55.3 Å². The van der Waals surface area contributed by atoms with Gasteiger partial charge >= 0.3 is 0 Å². The van der Waals surface area contributed by atoms with Gasteiger partial charge in [0, 0.05) is 0 Å². The van der Waals surface area contributed by atoms with E-state index in [0.717, 1.165) is 0 Å². The van der Waals surface area contributed by atoms with Gasteiger partial charge in [-0.1, -0.05) is 104 Å². The second kappa shape index (κ2) is 7.54. The summed E-state index contributed by atoms with van der Waals surface area (Å²) in [7, 11) is 7.33. The fourth-order valence-corrected chi connectivity index (χ4v) is 12.4. The molecule has 2 aromatic carbocycles. The van der Waals surface area contributed by atoms with E-state index in [0.29, 0.717) is 11.8 Å². The number of benzene rings is 2. The van der Waals surface area contributed by atoms with Gasteiger partial charge in [0.2, 0.25) is 0 Å². The van der Waals surface area contributed by atoms with E-state index in [9.17, 15) is 0 Å². The zero-order valence-electron chi connectivity index (χ0n) is 11.6. The van der Waals surface area contributed by atoms with E-state index in [4.69, 9.17) is 23.2 Å². The minimum Gasteiger partial charge on any atom is -0.124 e. The minimum atomic E-state index is -0.136. The molecule has 1 aliphatic heterocycles. The predicted octanol–water partition coefficient (Wildman–Crippen LogP) is 6.95. The lowest BCUT2D eigenvalue weighted by molar-refractivity contribution is 1.01. The number of alkyl halides is 2. The second-order valence-electron chi connectivity index (χ2n) is 4.84. The van der Waals surface area contributed by atoms with Crippen molar-refractivity contribution in [3.05, 3.63) is 71.8 Å². The Morgan fingerprint density at radius 2 is 0.909 bits per heavy atom. The molecule has 1 saturated heterocycles. The van der Waals surface area contributed by atoms with Gasteiger partial charge in [-0.25, -0.2) is 0 Å². The van der Waals surface area contributed by atoms with Crippen LogP contribution in [0.15, 0.2) is 60.7 Å². The van der Waals surface area contributed by atoms with Crippen LogP contribution in [0.25, 0.3) is 0 Å². The largest absolute Gasteiger partial charge is 0.124 e. The number of hydrogen-bond donors (Lipinski definition) is 0. The molecule has 0 N–H and O–H groups in total. The third-order valence-corrected chi connectivity index (χ3v) is 13.8. The van der Waals surface area contributed by atoms with Gasteiger partial charge in [0.05, 0.1) is 11.8 Å². The molecular weight excluding hydrogens is 391 g/mol. The summed E-state index contributed by atoms with van der Waals surface area (Å²) in [6.45, 7) is 0. The molecule has 116 valence electrons. The lowest BCUT2D eigenvalue weighted by Crippen LogP contribution is -2.27. The first-order valence-corrected chi connectivity index (χ1v) is 12.1. The first kappa shape index (κ1) is 17.2. The number of halogens is 2. The maximum atomic E-state index is 6.35. The highest BCUT2D eigenvalue weighted by Crippen LogP contribution is 2.72. The van der Waals surface area contributed by atoms with Gasteiger partial charge in [0.25, 0.3) is 0 Å². The third kappa shape index (κ3) is 3.28. The van der Waals surface area contributed by atoms with E-state index in [2.05, 4.69) is 48.5 Å².